The van der Waals surface area contributed by atoms with Gasteiger partial charge in [-0.3, -0.25) is 0 Å². The van der Waals surface area contributed by atoms with E-state index in [-0.39, 0.29) is 12.3 Å². The quantitative estimate of drug-likeness (QED) is 0.851. The molecule has 0 amide bonds. The molecule has 1 heterocycles. The number of imidazole rings is 1. The molecule has 1 aromatic carbocycles. The van der Waals surface area contributed by atoms with Crippen LogP contribution in [0, 0.1) is 0 Å². The summed E-state index contributed by atoms with van der Waals surface area (Å²) in [7, 11) is 1.66. The second-order valence-electron chi connectivity index (χ2n) is 3.89. The Balaban J connectivity index is 2.03. The molecule has 1 aromatic heterocycles. The van der Waals surface area contributed by atoms with Gasteiger partial charge in [-0.15, -0.1) is 11.8 Å². The maximum absolute atomic E-state index is 10.9. The first-order chi connectivity index (χ1) is 9.11. The van der Waals surface area contributed by atoms with Crippen LogP contribution in [0.1, 0.15) is 16.3 Å². The van der Waals surface area contributed by atoms with Gasteiger partial charge in [0.15, 0.2) is 0 Å². The molecule has 0 saturated carbocycles. The van der Waals surface area contributed by atoms with E-state index in [2.05, 4.69) is 4.98 Å². The first-order valence-corrected chi connectivity index (χ1v) is 6.85. The summed E-state index contributed by atoms with van der Waals surface area (Å²) in [6.07, 6.45) is 3.34. The Morgan fingerprint density at radius 2 is 2.11 bits per heavy atom. The maximum Gasteiger partial charge on any atom is 0.354 e. The van der Waals surface area contributed by atoms with Gasteiger partial charge in [-0.1, -0.05) is 0 Å². The minimum atomic E-state index is -0.995. The third-order valence-electron chi connectivity index (χ3n) is 2.73. The Morgan fingerprint density at radius 1 is 1.42 bits per heavy atom. The molecule has 2 aromatic rings. The lowest BCUT2D eigenvalue weighted by molar-refractivity contribution is 0.0686. The third-order valence-corrected chi connectivity index (χ3v) is 3.47. The number of thioether (sulfide) groups is 1. The molecule has 0 spiro atoms. The largest absolute Gasteiger partial charge is 0.486 e. The summed E-state index contributed by atoms with van der Waals surface area (Å²) in [5.41, 5.74) is 0.149. The number of ether oxygens (including phenoxy) is 1. The van der Waals surface area contributed by atoms with Gasteiger partial charge in [0.25, 0.3) is 0 Å². The molecule has 100 valence electrons. The number of carboxylic acid groups (broad SMARTS) is 1. The number of aromatic carboxylic acids is 1. The van der Waals surface area contributed by atoms with Gasteiger partial charge in [-0.2, -0.15) is 0 Å². The zero-order valence-electron chi connectivity index (χ0n) is 10.7. The molecule has 0 aliphatic rings. The van der Waals surface area contributed by atoms with E-state index in [1.54, 1.807) is 18.8 Å². The van der Waals surface area contributed by atoms with Crippen molar-refractivity contribution in [2.24, 2.45) is 7.05 Å². The highest BCUT2D eigenvalue weighted by Gasteiger charge is 2.12. The van der Waals surface area contributed by atoms with Crippen molar-refractivity contribution in [2.75, 3.05) is 6.26 Å². The van der Waals surface area contributed by atoms with Crippen LogP contribution < -0.4 is 4.74 Å². The molecule has 0 aliphatic carbocycles. The number of benzene rings is 1. The van der Waals surface area contributed by atoms with E-state index in [0.717, 1.165) is 10.6 Å². The molecule has 0 bridgehead atoms. The number of hydrogen-bond acceptors (Lipinski definition) is 4. The van der Waals surface area contributed by atoms with Gasteiger partial charge in [-0.25, -0.2) is 9.78 Å². The molecular weight excluding hydrogens is 264 g/mol. The van der Waals surface area contributed by atoms with Crippen LogP contribution in [-0.2, 0) is 13.7 Å². The summed E-state index contributed by atoms with van der Waals surface area (Å²) < 4.78 is 7.09. The van der Waals surface area contributed by atoms with Crippen molar-refractivity contribution < 1.29 is 14.6 Å². The molecule has 0 aliphatic heterocycles. The van der Waals surface area contributed by atoms with Crippen LogP contribution in [0.2, 0.25) is 0 Å². The molecule has 0 unspecified atom stereocenters. The average Bonchev–Trinajstić information content (AvgIpc) is 2.78. The molecule has 0 radical (unpaired) electrons. The van der Waals surface area contributed by atoms with E-state index in [1.165, 1.54) is 10.8 Å². The lowest BCUT2D eigenvalue weighted by Gasteiger charge is -2.07. The van der Waals surface area contributed by atoms with Crippen molar-refractivity contribution in [3.63, 3.8) is 0 Å². The standard InChI is InChI=1S/C13H14N2O3S/c1-15-11(13(16)17)7-14-12(15)8-18-9-3-5-10(19-2)6-4-9/h3-7H,8H2,1-2H3,(H,16,17). The number of hydrogen-bond donors (Lipinski definition) is 1. The highest BCUT2D eigenvalue weighted by atomic mass is 32.2. The first kappa shape index (κ1) is 13.5. The Hall–Kier alpha value is -1.95. The molecular formula is C13H14N2O3S. The van der Waals surface area contributed by atoms with Gasteiger partial charge in [0.05, 0.1) is 6.20 Å². The Morgan fingerprint density at radius 3 is 2.63 bits per heavy atom. The zero-order valence-corrected chi connectivity index (χ0v) is 11.5. The minimum Gasteiger partial charge on any atom is -0.486 e. The highest BCUT2D eigenvalue weighted by Crippen LogP contribution is 2.19. The fourth-order valence-electron chi connectivity index (χ4n) is 1.60. The van der Waals surface area contributed by atoms with Crippen LogP contribution in [0.3, 0.4) is 0 Å². The fraction of sp³-hybridized carbons (Fsp3) is 0.231. The molecule has 0 fully saturated rings. The maximum atomic E-state index is 10.9. The topological polar surface area (TPSA) is 64.3 Å². The fourth-order valence-corrected chi connectivity index (χ4v) is 2.01. The summed E-state index contributed by atoms with van der Waals surface area (Å²) in [6, 6.07) is 7.71. The normalized spacial score (nSPS) is 10.4. The van der Waals surface area contributed by atoms with E-state index in [9.17, 15) is 4.79 Å². The summed E-state index contributed by atoms with van der Waals surface area (Å²) in [5, 5.41) is 8.92. The van der Waals surface area contributed by atoms with E-state index in [1.807, 2.05) is 30.5 Å². The van der Waals surface area contributed by atoms with Crippen LogP contribution in [0.5, 0.6) is 5.75 Å². The molecule has 0 saturated heterocycles. The Bertz CT molecular complexity index is 578. The van der Waals surface area contributed by atoms with Gasteiger partial charge < -0.3 is 14.4 Å². The number of nitrogens with zero attached hydrogens (tertiary/aromatic N) is 2. The Kier molecular flexibility index (Phi) is 4.11. The molecule has 0 atom stereocenters. The molecule has 6 heteroatoms. The number of carboxylic acids is 1. The predicted molar refractivity (Wildman–Crippen MR) is 72.7 cm³/mol. The second-order valence-corrected chi connectivity index (χ2v) is 4.77. The van der Waals surface area contributed by atoms with Gasteiger partial charge in [-0.05, 0) is 30.5 Å². The lowest BCUT2D eigenvalue weighted by Crippen LogP contribution is -2.09. The summed E-state index contributed by atoms with van der Waals surface area (Å²) in [6.45, 7) is 0.238. The summed E-state index contributed by atoms with van der Waals surface area (Å²) in [4.78, 5) is 16.1. The van der Waals surface area contributed by atoms with Crippen molar-refractivity contribution in [1.29, 1.82) is 0 Å². The van der Waals surface area contributed by atoms with Crippen molar-refractivity contribution >= 4 is 17.7 Å². The summed E-state index contributed by atoms with van der Waals surface area (Å²) >= 11 is 1.66. The molecule has 19 heavy (non-hydrogen) atoms. The molecule has 5 nitrogen and oxygen atoms in total. The van der Waals surface area contributed by atoms with Gasteiger partial charge in [0, 0.05) is 11.9 Å². The van der Waals surface area contributed by atoms with Crippen LogP contribution in [0.15, 0.2) is 35.4 Å². The predicted octanol–water partition coefficient (Wildman–Crippen LogP) is 2.42. The van der Waals surface area contributed by atoms with Gasteiger partial charge >= 0.3 is 5.97 Å². The van der Waals surface area contributed by atoms with E-state index in [0.29, 0.717) is 5.82 Å². The minimum absolute atomic E-state index is 0.149. The first-order valence-electron chi connectivity index (χ1n) is 5.62. The molecule has 1 N–H and O–H groups in total. The van der Waals surface area contributed by atoms with Crippen LogP contribution >= 0.6 is 11.8 Å². The van der Waals surface area contributed by atoms with Crippen LogP contribution in [0.25, 0.3) is 0 Å². The highest BCUT2D eigenvalue weighted by molar-refractivity contribution is 7.98. The van der Waals surface area contributed by atoms with Crippen LogP contribution in [-0.4, -0.2) is 26.9 Å². The van der Waals surface area contributed by atoms with Crippen LogP contribution in [0.4, 0.5) is 0 Å². The number of rotatable bonds is 5. The second kappa shape index (κ2) is 5.79. The zero-order chi connectivity index (χ0) is 13.8. The lowest BCUT2D eigenvalue weighted by atomic mass is 10.3. The smallest absolute Gasteiger partial charge is 0.354 e. The number of carbonyl (C=O) groups is 1. The van der Waals surface area contributed by atoms with Crippen molar-refractivity contribution in [3.05, 3.63) is 42.0 Å². The van der Waals surface area contributed by atoms with E-state index in [4.69, 9.17) is 9.84 Å². The average molecular weight is 278 g/mol. The number of aromatic nitrogens is 2. The third kappa shape index (κ3) is 3.08. The van der Waals surface area contributed by atoms with Gasteiger partial charge in [0.2, 0.25) is 0 Å². The molecule has 2 rings (SSSR count). The van der Waals surface area contributed by atoms with Gasteiger partial charge in [0.1, 0.15) is 23.9 Å². The Labute approximate surface area is 115 Å². The van der Waals surface area contributed by atoms with Crippen molar-refractivity contribution in [3.8, 4) is 5.75 Å². The summed E-state index contributed by atoms with van der Waals surface area (Å²) in [5.74, 6) is 0.314. The van der Waals surface area contributed by atoms with E-state index >= 15 is 0 Å². The van der Waals surface area contributed by atoms with Crippen molar-refractivity contribution in [1.82, 2.24) is 9.55 Å². The van der Waals surface area contributed by atoms with Crippen molar-refractivity contribution in [2.45, 2.75) is 11.5 Å². The van der Waals surface area contributed by atoms with E-state index < -0.39 is 5.97 Å². The monoisotopic (exact) mass is 278 g/mol. The SMILES string of the molecule is CSc1ccc(OCc2ncc(C(=O)O)n2C)cc1.